The Hall–Kier alpha value is -2.59. The van der Waals surface area contributed by atoms with E-state index in [-0.39, 0.29) is 36.1 Å². The highest BCUT2D eigenvalue weighted by molar-refractivity contribution is 6.15. The molecular formula is C26H36N4O5. The van der Waals surface area contributed by atoms with Crippen molar-refractivity contribution in [1.29, 1.82) is 0 Å². The molecule has 3 aliphatic rings. The minimum Gasteiger partial charge on any atom is -0.511 e. The van der Waals surface area contributed by atoms with E-state index >= 15 is 0 Å². The van der Waals surface area contributed by atoms with Crippen LogP contribution < -0.4 is 0 Å². The fraction of sp³-hybridized carbons (Fsp3) is 0.577. The number of nitrogens with zero attached hydrogens (tertiary/aromatic N) is 4. The Balaban J connectivity index is 1.46. The van der Waals surface area contributed by atoms with E-state index in [2.05, 4.69) is 14.8 Å². The van der Waals surface area contributed by atoms with Gasteiger partial charge in [0, 0.05) is 70.9 Å². The van der Waals surface area contributed by atoms with Gasteiger partial charge in [0.2, 0.25) is 5.91 Å². The maximum atomic E-state index is 13.5. The van der Waals surface area contributed by atoms with Crippen LogP contribution >= 0.6 is 0 Å². The number of ketones is 1. The number of carbonyl (C=O) groups excluding carboxylic acids is 2. The summed E-state index contributed by atoms with van der Waals surface area (Å²) in [4.78, 5) is 37.2. The Morgan fingerprint density at radius 2 is 1.69 bits per heavy atom. The predicted molar refractivity (Wildman–Crippen MR) is 133 cm³/mol. The zero-order valence-corrected chi connectivity index (χ0v) is 20.2. The van der Waals surface area contributed by atoms with Crippen LogP contribution in [-0.2, 0) is 14.3 Å². The highest BCUT2D eigenvalue weighted by Crippen LogP contribution is 2.39. The van der Waals surface area contributed by atoms with Crippen molar-refractivity contribution in [3.05, 3.63) is 47.2 Å². The second kappa shape index (κ2) is 12.4. The van der Waals surface area contributed by atoms with Crippen LogP contribution in [0.3, 0.4) is 0 Å². The number of Topliss-reactive ketones (excluding diaryl/α,β-unsaturated/α-hetero) is 1. The van der Waals surface area contributed by atoms with Gasteiger partial charge in [-0.05, 0) is 5.56 Å². The van der Waals surface area contributed by atoms with Gasteiger partial charge in [-0.25, -0.2) is 0 Å². The lowest BCUT2D eigenvalue weighted by molar-refractivity contribution is -0.140. The number of rotatable bonds is 8. The highest BCUT2D eigenvalue weighted by atomic mass is 16.5. The van der Waals surface area contributed by atoms with E-state index in [1.807, 2.05) is 30.3 Å². The average molecular weight is 485 g/mol. The van der Waals surface area contributed by atoms with Gasteiger partial charge in [0.15, 0.2) is 5.78 Å². The molecule has 35 heavy (non-hydrogen) atoms. The standard InChI is InChI=1S/C26H36N4O5/c31-15-12-29-10-8-28(9-11-29)7-6-27-19-22-23(32)18-21(20-4-2-1-3-5-20)24(25(22)33)26(34)30-13-16-35-17-14-30/h1-5,19,21,24,31,33H,6-18H2. The third-order valence-corrected chi connectivity index (χ3v) is 7.14. The maximum Gasteiger partial charge on any atom is 0.234 e. The summed E-state index contributed by atoms with van der Waals surface area (Å²) in [5.74, 6) is -1.75. The van der Waals surface area contributed by atoms with Crippen LogP contribution in [-0.4, -0.2) is 122 Å². The van der Waals surface area contributed by atoms with E-state index < -0.39 is 11.8 Å². The molecule has 190 valence electrons. The summed E-state index contributed by atoms with van der Waals surface area (Å²) in [6.07, 6.45) is 1.61. The zero-order chi connectivity index (χ0) is 24.6. The molecule has 2 aliphatic heterocycles. The molecule has 0 spiro atoms. The number of carbonyl (C=O) groups is 2. The third kappa shape index (κ3) is 6.35. The van der Waals surface area contributed by atoms with Crippen molar-refractivity contribution < 1.29 is 24.5 Å². The van der Waals surface area contributed by atoms with Gasteiger partial charge in [0.25, 0.3) is 0 Å². The average Bonchev–Trinajstić information content (AvgIpc) is 2.89. The molecule has 2 heterocycles. The molecule has 9 heteroatoms. The van der Waals surface area contributed by atoms with Gasteiger partial charge < -0.3 is 19.8 Å². The smallest absolute Gasteiger partial charge is 0.234 e. The number of amides is 1. The number of ether oxygens (including phenoxy) is 1. The van der Waals surface area contributed by atoms with Crippen molar-refractivity contribution in [3.8, 4) is 0 Å². The van der Waals surface area contributed by atoms with Crippen LogP contribution in [0.2, 0.25) is 0 Å². The van der Waals surface area contributed by atoms with Gasteiger partial charge in [0.1, 0.15) is 11.7 Å². The number of piperazine rings is 1. The molecule has 1 aliphatic carbocycles. The first kappa shape index (κ1) is 25.5. The van der Waals surface area contributed by atoms with E-state index in [4.69, 9.17) is 9.84 Å². The minimum atomic E-state index is -0.811. The van der Waals surface area contributed by atoms with Gasteiger partial charge in [-0.15, -0.1) is 0 Å². The predicted octanol–water partition coefficient (Wildman–Crippen LogP) is 0.711. The van der Waals surface area contributed by atoms with Crippen molar-refractivity contribution in [3.63, 3.8) is 0 Å². The summed E-state index contributed by atoms with van der Waals surface area (Å²) in [6.45, 7) is 7.72. The third-order valence-electron chi connectivity index (χ3n) is 7.14. The molecule has 2 atom stereocenters. The SMILES string of the molecule is O=C1CC(c2ccccc2)C(C(=O)N2CCOCC2)C(O)=C1C=NCCN1CCN(CCO)CC1. The Morgan fingerprint density at radius 3 is 2.34 bits per heavy atom. The molecular weight excluding hydrogens is 448 g/mol. The van der Waals surface area contributed by atoms with Gasteiger partial charge >= 0.3 is 0 Å². The lowest BCUT2D eigenvalue weighted by Crippen LogP contribution is -2.47. The molecule has 0 bridgehead atoms. The quantitative estimate of drug-likeness (QED) is 0.524. The first-order chi connectivity index (χ1) is 17.1. The van der Waals surface area contributed by atoms with Crippen LogP contribution in [0.1, 0.15) is 17.9 Å². The molecule has 4 rings (SSSR count). The second-order valence-electron chi connectivity index (χ2n) is 9.30. The Bertz CT molecular complexity index is 921. The van der Waals surface area contributed by atoms with Gasteiger partial charge in [-0.2, -0.15) is 0 Å². The van der Waals surface area contributed by atoms with E-state index in [9.17, 15) is 14.7 Å². The van der Waals surface area contributed by atoms with Crippen LogP contribution in [0, 0.1) is 5.92 Å². The molecule has 0 saturated carbocycles. The summed E-state index contributed by atoms with van der Waals surface area (Å²) in [5, 5.41) is 20.3. The minimum absolute atomic E-state index is 0.150. The second-order valence-corrected chi connectivity index (χ2v) is 9.30. The maximum absolute atomic E-state index is 13.5. The van der Waals surface area contributed by atoms with E-state index in [1.165, 1.54) is 6.21 Å². The van der Waals surface area contributed by atoms with Crippen molar-refractivity contribution in [2.75, 3.05) is 78.7 Å². The molecule has 0 aromatic heterocycles. The van der Waals surface area contributed by atoms with Gasteiger partial charge in [-0.1, -0.05) is 30.3 Å². The number of aliphatic hydroxyl groups is 2. The first-order valence-corrected chi connectivity index (χ1v) is 12.5. The summed E-state index contributed by atoms with van der Waals surface area (Å²) in [7, 11) is 0. The Labute approximate surface area is 206 Å². The fourth-order valence-electron chi connectivity index (χ4n) is 5.08. The van der Waals surface area contributed by atoms with Crippen molar-refractivity contribution in [1.82, 2.24) is 14.7 Å². The monoisotopic (exact) mass is 484 g/mol. The summed E-state index contributed by atoms with van der Waals surface area (Å²) < 4.78 is 5.39. The topological polar surface area (TPSA) is 106 Å². The molecule has 1 aromatic carbocycles. The molecule has 1 aromatic rings. The molecule has 0 radical (unpaired) electrons. The number of β-amino-alcohol motifs (C(OH)–C–C–N with tert-alkyl or cyclic N) is 1. The number of allylic oxidation sites excluding steroid dienone is 1. The van der Waals surface area contributed by atoms with Crippen molar-refractivity contribution in [2.45, 2.75) is 12.3 Å². The normalized spacial score (nSPS) is 24.9. The van der Waals surface area contributed by atoms with Crippen LogP contribution in [0.25, 0.3) is 0 Å². The zero-order valence-electron chi connectivity index (χ0n) is 20.2. The molecule has 9 nitrogen and oxygen atoms in total. The van der Waals surface area contributed by atoms with Crippen molar-refractivity contribution in [2.24, 2.45) is 10.9 Å². The van der Waals surface area contributed by atoms with Gasteiger partial charge in [-0.3, -0.25) is 24.4 Å². The summed E-state index contributed by atoms with van der Waals surface area (Å²) in [5.41, 5.74) is 1.02. The number of benzene rings is 1. The van der Waals surface area contributed by atoms with E-state index in [1.54, 1.807) is 4.90 Å². The number of aliphatic hydroxyl groups excluding tert-OH is 2. The van der Waals surface area contributed by atoms with Crippen LogP contribution in [0.15, 0.2) is 46.7 Å². The van der Waals surface area contributed by atoms with E-state index in [0.29, 0.717) is 39.4 Å². The number of aliphatic imine (C=N–C) groups is 1. The fourth-order valence-corrected chi connectivity index (χ4v) is 5.08. The lowest BCUT2D eigenvalue weighted by Gasteiger charge is -2.36. The Morgan fingerprint density at radius 1 is 1.03 bits per heavy atom. The van der Waals surface area contributed by atoms with E-state index in [0.717, 1.165) is 38.3 Å². The molecule has 2 fully saturated rings. The number of hydrogen-bond donors (Lipinski definition) is 2. The largest absolute Gasteiger partial charge is 0.511 e. The number of hydrogen-bond acceptors (Lipinski definition) is 8. The lowest BCUT2D eigenvalue weighted by atomic mass is 9.74. The van der Waals surface area contributed by atoms with Gasteiger partial charge in [0.05, 0.1) is 31.9 Å². The molecule has 2 saturated heterocycles. The highest BCUT2D eigenvalue weighted by Gasteiger charge is 2.43. The molecule has 1 amide bonds. The summed E-state index contributed by atoms with van der Waals surface area (Å²) >= 11 is 0. The Kier molecular flexibility index (Phi) is 9.03. The summed E-state index contributed by atoms with van der Waals surface area (Å²) in [6, 6.07) is 9.48. The van der Waals surface area contributed by atoms with Crippen LogP contribution in [0.4, 0.5) is 0 Å². The van der Waals surface area contributed by atoms with Crippen molar-refractivity contribution >= 4 is 17.9 Å². The molecule has 2 unspecified atom stereocenters. The first-order valence-electron chi connectivity index (χ1n) is 12.5. The van der Waals surface area contributed by atoms with Crippen LogP contribution in [0.5, 0.6) is 0 Å². The number of morpholine rings is 1. The molecule has 2 N–H and O–H groups in total.